The number of para-hydroxylation sites is 1. The van der Waals surface area contributed by atoms with Crippen molar-refractivity contribution in [1.29, 1.82) is 0 Å². The third-order valence-electron chi connectivity index (χ3n) is 3.61. The SMILES string of the molecule is CCC(C)(CCOc1ccccc1)CNCCOC. The van der Waals surface area contributed by atoms with Crippen molar-refractivity contribution in [3.05, 3.63) is 30.3 Å². The summed E-state index contributed by atoms with van der Waals surface area (Å²) in [6.07, 6.45) is 2.20. The first kappa shape index (κ1) is 16.0. The van der Waals surface area contributed by atoms with Gasteiger partial charge in [0.25, 0.3) is 0 Å². The highest BCUT2D eigenvalue weighted by atomic mass is 16.5. The predicted octanol–water partition coefficient (Wildman–Crippen LogP) is 3.11. The minimum atomic E-state index is 0.280. The van der Waals surface area contributed by atoms with Crippen molar-refractivity contribution >= 4 is 0 Å². The van der Waals surface area contributed by atoms with E-state index in [-0.39, 0.29) is 5.41 Å². The van der Waals surface area contributed by atoms with Gasteiger partial charge in [-0.25, -0.2) is 0 Å². The summed E-state index contributed by atoms with van der Waals surface area (Å²) >= 11 is 0. The van der Waals surface area contributed by atoms with Crippen LogP contribution in [-0.4, -0.2) is 33.4 Å². The highest BCUT2D eigenvalue weighted by molar-refractivity contribution is 5.20. The molecule has 0 aliphatic carbocycles. The van der Waals surface area contributed by atoms with Crippen LogP contribution < -0.4 is 10.1 Å². The standard InChI is InChI=1S/C16H27NO2/c1-4-16(2,14-17-11-13-18-3)10-12-19-15-8-6-5-7-9-15/h5-9,17H,4,10-14H2,1-3H3. The molecule has 108 valence electrons. The Morgan fingerprint density at radius 3 is 2.53 bits per heavy atom. The summed E-state index contributed by atoms with van der Waals surface area (Å²) in [6, 6.07) is 10.0. The molecule has 0 fully saturated rings. The molecule has 0 spiro atoms. The fourth-order valence-corrected chi connectivity index (χ4v) is 1.89. The highest BCUT2D eigenvalue weighted by Crippen LogP contribution is 2.25. The van der Waals surface area contributed by atoms with Crippen LogP contribution in [0.2, 0.25) is 0 Å². The minimum Gasteiger partial charge on any atom is -0.494 e. The van der Waals surface area contributed by atoms with Crippen molar-refractivity contribution in [3.8, 4) is 5.75 Å². The molecular formula is C16H27NO2. The zero-order valence-corrected chi connectivity index (χ0v) is 12.4. The van der Waals surface area contributed by atoms with Gasteiger partial charge in [0.05, 0.1) is 13.2 Å². The molecule has 0 saturated heterocycles. The lowest BCUT2D eigenvalue weighted by Crippen LogP contribution is -2.34. The topological polar surface area (TPSA) is 30.5 Å². The number of nitrogens with one attached hydrogen (secondary N) is 1. The number of rotatable bonds is 10. The van der Waals surface area contributed by atoms with Gasteiger partial charge in [0.1, 0.15) is 5.75 Å². The number of ether oxygens (including phenoxy) is 2. The Balaban J connectivity index is 2.26. The van der Waals surface area contributed by atoms with E-state index in [1.807, 2.05) is 30.3 Å². The fourth-order valence-electron chi connectivity index (χ4n) is 1.89. The van der Waals surface area contributed by atoms with E-state index in [1.165, 1.54) is 0 Å². The van der Waals surface area contributed by atoms with Crippen LogP contribution in [0.5, 0.6) is 5.75 Å². The van der Waals surface area contributed by atoms with Crippen LogP contribution in [0.15, 0.2) is 30.3 Å². The second-order valence-corrected chi connectivity index (χ2v) is 5.25. The first-order chi connectivity index (χ1) is 9.20. The Kier molecular flexibility index (Phi) is 7.53. The third-order valence-corrected chi connectivity index (χ3v) is 3.61. The van der Waals surface area contributed by atoms with E-state index >= 15 is 0 Å². The second kappa shape index (κ2) is 8.94. The molecule has 1 aromatic carbocycles. The van der Waals surface area contributed by atoms with E-state index in [0.29, 0.717) is 0 Å². The largest absolute Gasteiger partial charge is 0.494 e. The maximum Gasteiger partial charge on any atom is 0.119 e. The molecule has 0 saturated carbocycles. The molecule has 0 heterocycles. The van der Waals surface area contributed by atoms with Crippen LogP contribution in [0.25, 0.3) is 0 Å². The van der Waals surface area contributed by atoms with Gasteiger partial charge in [-0.1, -0.05) is 32.0 Å². The van der Waals surface area contributed by atoms with Crippen LogP contribution >= 0.6 is 0 Å². The highest BCUT2D eigenvalue weighted by Gasteiger charge is 2.21. The van der Waals surface area contributed by atoms with E-state index in [2.05, 4.69) is 19.2 Å². The lowest BCUT2D eigenvalue weighted by Gasteiger charge is -2.28. The van der Waals surface area contributed by atoms with Crippen molar-refractivity contribution < 1.29 is 9.47 Å². The minimum absolute atomic E-state index is 0.280. The van der Waals surface area contributed by atoms with Gasteiger partial charge in [-0.05, 0) is 30.4 Å². The van der Waals surface area contributed by atoms with Crippen molar-refractivity contribution in [1.82, 2.24) is 5.32 Å². The lowest BCUT2D eigenvalue weighted by molar-refractivity contribution is 0.176. The molecule has 1 atom stereocenters. The van der Waals surface area contributed by atoms with Gasteiger partial charge in [0.2, 0.25) is 0 Å². The Labute approximate surface area is 117 Å². The molecule has 1 unspecified atom stereocenters. The van der Waals surface area contributed by atoms with E-state index < -0.39 is 0 Å². The summed E-state index contributed by atoms with van der Waals surface area (Å²) in [4.78, 5) is 0. The second-order valence-electron chi connectivity index (χ2n) is 5.25. The van der Waals surface area contributed by atoms with Crippen molar-refractivity contribution in [2.45, 2.75) is 26.7 Å². The molecule has 0 aliphatic heterocycles. The molecule has 0 aliphatic rings. The Morgan fingerprint density at radius 1 is 1.16 bits per heavy atom. The Morgan fingerprint density at radius 2 is 1.89 bits per heavy atom. The number of methoxy groups -OCH3 is 1. The number of hydrogen-bond donors (Lipinski definition) is 1. The maximum atomic E-state index is 5.78. The molecule has 1 aromatic rings. The Bertz CT molecular complexity index is 329. The summed E-state index contributed by atoms with van der Waals surface area (Å²) in [5.74, 6) is 0.952. The van der Waals surface area contributed by atoms with Gasteiger partial charge < -0.3 is 14.8 Å². The molecule has 1 rings (SSSR count). The van der Waals surface area contributed by atoms with Crippen molar-refractivity contribution in [3.63, 3.8) is 0 Å². The van der Waals surface area contributed by atoms with Crippen molar-refractivity contribution in [2.24, 2.45) is 5.41 Å². The van der Waals surface area contributed by atoms with E-state index in [4.69, 9.17) is 9.47 Å². The van der Waals surface area contributed by atoms with Crippen LogP contribution in [0.3, 0.4) is 0 Å². The average Bonchev–Trinajstić information content (AvgIpc) is 2.45. The molecule has 1 N–H and O–H groups in total. The third kappa shape index (κ3) is 6.60. The smallest absolute Gasteiger partial charge is 0.119 e. The summed E-state index contributed by atoms with van der Waals surface area (Å²) < 4.78 is 10.8. The Hall–Kier alpha value is -1.06. The van der Waals surface area contributed by atoms with Crippen LogP contribution in [-0.2, 0) is 4.74 Å². The fraction of sp³-hybridized carbons (Fsp3) is 0.625. The molecule has 19 heavy (non-hydrogen) atoms. The molecule has 0 aromatic heterocycles. The number of hydrogen-bond acceptors (Lipinski definition) is 3. The molecule has 3 heteroatoms. The van der Waals surface area contributed by atoms with Gasteiger partial charge in [0, 0.05) is 20.2 Å². The zero-order valence-electron chi connectivity index (χ0n) is 12.4. The van der Waals surface area contributed by atoms with E-state index in [1.54, 1.807) is 7.11 Å². The summed E-state index contributed by atoms with van der Waals surface area (Å²) in [5, 5.41) is 3.45. The molecule has 3 nitrogen and oxygen atoms in total. The first-order valence-electron chi connectivity index (χ1n) is 7.08. The van der Waals surface area contributed by atoms with Gasteiger partial charge in [-0.3, -0.25) is 0 Å². The van der Waals surface area contributed by atoms with E-state index in [9.17, 15) is 0 Å². The van der Waals surface area contributed by atoms with E-state index in [0.717, 1.165) is 44.9 Å². The normalized spacial score (nSPS) is 14.1. The summed E-state index contributed by atoms with van der Waals surface area (Å²) in [6.45, 7) is 7.99. The van der Waals surface area contributed by atoms with Gasteiger partial charge in [-0.2, -0.15) is 0 Å². The van der Waals surface area contributed by atoms with Gasteiger partial charge in [0.15, 0.2) is 0 Å². The van der Waals surface area contributed by atoms with Crippen LogP contribution in [0.4, 0.5) is 0 Å². The molecule has 0 amide bonds. The van der Waals surface area contributed by atoms with Crippen LogP contribution in [0, 0.1) is 5.41 Å². The zero-order chi connectivity index (χ0) is 14.0. The molecule has 0 bridgehead atoms. The number of benzene rings is 1. The average molecular weight is 265 g/mol. The predicted molar refractivity (Wildman–Crippen MR) is 79.7 cm³/mol. The monoisotopic (exact) mass is 265 g/mol. The van der Waals surface area contributed by atoms with Crippen LogP contribution in [0.1, 0.15) is 26.7 Å². The van der Waals surface area contributed by atoms with Crippen molar-refractivity contribution in [2.75, 3.05) is 33.4 Å². The maximum absolute atomic E-state index is 5.78. The molecule has 0 radical (unpaired) electrons. The first-order valence-corrected chi connectivity index (χ1v) is 7.08. The molecular weight excluding hydrogens is 238 g/mol. The van der Waals surface area contributed by atoms with Gasteiger partial charge >= 0.3 is 0 Å². The lowest BCUT2D eigenvalue weighted by atomic mass is 9.84. The quantitative estimate of drug-likeness (QED) is 0.659. The summed E-state index contributed by atoms with van der Waals surface area (Å²) in [5.41, 5.74) is 0.280. The summed E-state index contributed by atoms with van der Waals surface area (Å²) in [7, 11) is 1.73. The van der Waals surface area contributed by atoms with Gasteiger partial charge in [-0.15, -0.1) is 0 Å².